The van der Waals surface area contributed by atoms with Crippen LogP contribution in [0, 0.1) is 6.92 Å². The topological polar surface area (TPSA) is 44.1 Å². The molecule has 3 aromatic rings. The number of hydrogen-bond donors (Lipinski definition) is 0. The average Bonchev–Trinajstić information content (AvgIpc) is 2.85. The maximum atomic E-state index is 12.1. The van der Waals surface area contributed by atoms with Crippen LogP contribution in [0.3, 0.4) is 0 Å². The summed E-state index contributed by atoms with van der Waals surface area (Å²) in [4.78, 5) is 16.9. The number of carbonyl (C=O) groups is 1. The van der Waals surface area contributed by atoms with E-state index in [2.05, 4.69) is 6.07 Å². The second-order valence-corrected chi connectivity index (χ2v) is 5.92. The van der Waals surface area contributed by atoms with E-state index in [0.717, 1.165) is 28.0 Å². The van der Waals surface area contributed by atoms with Crippen LogP contribution in [0.5, 0.6) is 0 Å². The molecule has 0 amide bonds. The Morgan fingerprint density at radius 2 is 1.96 bits per heavy atom. The van der Waals surface area contributed by atoms with Crippen molar-refractivity contribution in [1.82, 2.24) is 9.55 Å². The van der Waals surface area contributed by atoms with E-state index in [1.807, 2.05) is 67.8 Å². The minimum Gasteiger partial charge on any atom is -0.462 e. The van der Waals surface area contributed by atoms with Gasteiger partial charge in [-0.1, -0.05) is 35.9 Å². The molecular formula is C19H20N2O2. The lowest BCUT2D eigenvalue weighted by molar-refractivity contribution is -0.147. The first kappa shape index (κ1) is 15.3. The van der Waals surface area contributed by atoms with Crippen molar-refractivity contribution in [2.75, 3.05) is 0 Å². The summed E-state index contributed by atoms with van der Waals surface area (Å²) < 4.78 is 7.22. The number of para-hydroxylation sites is 2. The molecule has 0 fully saturated rings. The summed E-state index contributed by atoms with van der Waals surface area (Å²) in [6, 6.07) is 16.0. The van der Waals surface area contributed by atoms with Gasteiger partial charge in [-0.2, -0.15) is 0 Å². The molecule has 0 saturated heterocycles. The van der Waals surface area contributed by atoms with Gasteiger partial charge in [0.15, 0.2) is 0 Å². The molecule has 0 N–H and O–H groups in total. The first-order chi connectivity index (χ1) is 11.0. The van der Waals surface area contributed by atoms with E-state index in [1.165, 1.54) is 0 Å². The predicted octanol–water partition coefficient (Wildman–Crippen LogP) is 3.96. The fraction of sp³-hybridized carbons (Fsp3) is 0.263. The molecule has 0 atom stereocenters. The van der Waals surface area contributed by atoms with Crippen molar-refractivity contribution < 1.29 is 9.53 Å². The van der Waals surface area contributed by atoms with Gasteiger partial charge in [0.25, 0.3) is 0 Å². The Balaban J connectivity index is 2.10. The smallest absolute Gasteiger partial charge is 0.326 e. The van der Waals surface area contributed by atoms with Crippen LogP contribution in [-0.2, 0) is 16.1 Å². The quantitative estimate of drug-likeness (QED) is 0.685. The highest BCUT2D eigenvalue weighted by atomic mass is 16.5. The van der Waals surface area contributed by atoms with Gasteiger partial charge in [-0.05, 0) is 39.0 Å². The third kappa shape index (κ3) is 3.26. The van der Waals surface area contributed by atoms with Crippen molar-refractivity contribution in [1.29, 1.82) is 0 Å². The molecule has 2 aromatic carbocycles. The van der Waals surface area contributed by atoms with Gasteiger partial charge < -0.3 is 9.30 Å². The lowest BCUT2D eigenvalue weighted by atomic mass is 10.1. The number of nitrogens with zero attached hydrogens (tertiary/aromatic N) is 2. The molecule has 1 aromatic heterocycles. The Morgan fingerprint density at radius 1 is 1.17 bits per heavy atom. The first-order valence-electron chi connectivity index (χ1n) is 7.76. The van der Waals surface area contributed by atoms with Crippen LogP contribution in [0.1, 0.15) is 19.4 Å². The fourth-order valence-electron chi connectivity index (χ4n) is 2.67. The van der Waals surface area contributed by atoms with Crippen molar-refractivity contribution in [3.8, 4) is 11.4 Å². The normalized spacial score (nSPS) is 11.1. The second-order valence-electron chi connectivity index (χ2n) is 5.92. The lowest BCUT2D eigenvalue weighted by Gasteiger charge is -2.11. The number of hydrogen-bond acceptors (Lipinski definition) is 3. The summed E-state index contributed by atoms with van der Waals surface area (Å²) in [6.07, 6.45) is -0.125. The summed E-state index contributed by atoms with van der Waals surface area (Å²) in [7, 11) is 0. The molecule has 4 nitrogen and oxygen atoms in total. The Labute approximate surface area is 135 Å². The van der Waals surface area contributed by atoms with E-state index in [-0.39, 0.29) is 18.6 Å². The van der Waals surface area contributed by atoms with Crippen molar-refractivity contribution in [3.63, 3.8) is 0 Å². The highest BCUT2D eigenvalue weighted by molar-refractivity contribution is 5.83. The number of esters is 1. The van der Waals surface area contributed by atoms with Crippen molar-refractivity contribution in [3.05, 3.63) is 54.1 Å². The molecule has 0 saturated carbocycles. The summed E-state index contributed by atoms with van der Waals surface area (Å²) in [5.41, 5.74) is 3.97. The fourth-order valence-corrected chi connectivity index (χ4v) is 2.67. The van der Waals surface area contributed by atoms with Crippen molar-refractivity contribution in [2.45, 2.75) is 33.4 Å². The van der Waals surface area contributed by atoms with Crippen LogP contribution in [0.4, 0.5) is 0 Å². The highest BCUT2D eigenvalue weighted by Crippen LogP contribution is 2.25. The molecule has 0 aliphatic heterocycles. The Morgan fingerprint density at radius 3 is 2.70 bits per heavy atom. The molecule has 4 heteroatoms. The van der Waals surface area contributed by atoms with E-state index in [0.29, 0.717) is 0 Å². The van der Waals surface area contributed by atoms with E-state index < -0.39 is 0 Å². The monoisotopic (exact) mass is 308 g/mol. The maximum Gasteiger partial charge on any atom is 0.326 e. The van der Waals surface area contributed by atoms with Gasteiger partial charge in [0, 0.05) is 5.56 Å². The Hall–Kier alpha value is -2.62. The largest absolute Gasteiger partial charge is 0.462 e. The number of imidazole rings is 1. The van der Waals surface area contributed by atoms with Gasteiger partial charge in [-0.3, -0.25) is 4.79 Å². The van der Waals surface area contributed by atoms with Gasteiger partial charge in [0.1, 0.15) is 12.4 Å². The van der Waals surface area contributed by atoms with Crippen LogP contribution in [0.2, 0.25) is 0 Å². The van der Waals surface area contributed by atoms with E-state index in [9.17, 15) is 4.79 Å². The van der Waals surface area contributed by atoms with Crippen molar-refractivity contribution in [2.24, 2.45) is 0 Å². The molecule has 0 aliphatic rings. The summed E-state index contributed by atoms with van der Waals surface area (Å²) >= 11 is 0. The molecule has 0 radical (unpaired) electrons. The zero-order valence-electron chi connectivity index (χ0n) is 13.6. The van der Waals surface area contributed by atoms with Gasteiger partial charge in [-0.25, -0.2) is 4.98 Å². The van der Waals surface area contributed by atoms with Gasteiger partial charge >= 0.3 is 5.97 Å². The number of benzene rings is 2. The first-order valence-corrected chi connectivity index (χ1v) is 7.76. The minimum absolute atomic E-state index is 0.125. The molecule has 0 unspecified atom stereocenters. The molecule has 0 spiro atoms. The van der Waals surface area contributed by atoms with Crippen molar-refractivity contribution >= 4 is 17.0 Å². The third-order valence-corrected chi connectivity index (χ3v) is 3.59. The molecule has 3 rings (SSSR count). The average molecular weight is 308 g/mol. The number of aryl methyl sites for hydroxylation is 1. The van der Waals surface area contributed by atoms with Gasteiger partial charge in [-0.15, -0.1) is 0 Å². The van der Waals surface area contributed by atoms with Crippen LogP contribution in [0.25, 0.3) is 22.4 Å². The van der Waals surface area contributed by atoms with E-state index >= 15 is 0 Å². The number of fused-ring (bicyclic) bond motifs is 1. The molecule has 118 valence electrons. The molecule has 1 heterocycles. The molecular weight excluding hydrogens is 288 g/mol. The van der Waals surface area contributed by atoms with Crippen LogP contribution in [0.15, 0.2) is 48.5 Å². The van der Waals surface area contributed by atoms with Crippen LogP contribution in [-0.4, -0.2) is 21.6 Å². The zero-order valence-corrected chi connectivity index (χ0v) is 13.6. The molecule has 0 aliphatic carbocycles. The van der Waals surface area contributed by atoms with Gasteiger partial charge in [0.05, 0.1) is 17.1 Å². The third-order valence-electron chi connectivity index (χ3n) is 3.59. The van der Waals surface area contributed by atoms with Crippen LogP contribution < -0.4 is 0 Å². The zero-order chi connectivity index (χ0) is 16.4. The predicted molar refractivity (Wildman–Crippen MR) is 91.1 cm³/mol. The molecule has 23 heavy (non-hydrogen) atoms. The number of ether oxygens (including phenoxy) is 1. The number of carbonyl (C=O) groups excluding carboxylic acids is 1. The van der Waals surface area contributed by atoms with E-state index in [1.54, 1.807) is 0 Å². The van der Waals surface area contributed by atoms with E-state index in [4.69, 9.17) is 9.72 Å². The van der Waals surface area contributed by atoms with Crippen LogP contribution >= 0.6 is 0 Å². The summed E-state index contributed by atoms with van der Waals surface area (Å²) in [5, 5.41) is 0. The molecule has 0 bridgehead atoms. The second kappa shape index (κ2) is 6.24. The highest BCUT2D eigenvalue weighted by Gasteiger charge is 2.16. The number of aromatic nitrogens is 2. The SMILES string of the molecule is Cc1cccc(-c2nc3ccccc3n2CC(=O)OC(C)C)c1. The minimum atomic E-state index is -0.253. The standard InChI is InChI=1S/C19H20N2O2/c1-13(2)23-18(22)12-21-17-10-5-4-9-16(17)20-19(21)15-8-6-7-14(3)11-15/h4-11,13H,12H2,1-3H3. The number of rotatable bonds is 4. The van der Waals surface area contributed by atoms with Gasteiger partial charge in [0.2, 0.25) is 0 Å². The maximum absolute atomic E-state index is 12.1. The Kier molecular flexibility index (Phi) is 4.15. The lowest BCUT2D eigenvalue weighted by Crippen LogP contribution is -2.18. The summed E-state index contributed by atoms with van der Waals surface area (Å²) in [5.74, 6) is 0.535. The summed E-state index contributed by atoms with van der Waals surface area (Å²) in [6.45, 7) is 5.91. The Bertz CT molecular complexity index is 849.